The van der Waals surface area contributed by atoms with Crippen molar-refractivity contribution < 1.29 is 28.9 Å². The second kappa shape index (κ2) is 8.93. The second-order valence-corrected chi connectivity index (χ2v) is 4.19. The van der Waals surface area contributed by atoms with Crippen LogP contribution in [0.3, 0.4) is 0 Å². The molecule has 2 N–H and O–H groups in total. The molecule has 0 aliphatic carbocycles. The first-order chi connectivity index (χ1) is 10.1. The summed E-state index contributed by atoms with van der Waals surface area (Å²) in [4.78, 5) is 22.8. The number of carboxylic acid groups (broad SMARTS) is 1. The van der Waals surface area contributed by atoms with Gasteiger partial charge in [-0.25, -0.2) is 4.79 Å². The molecule has 0 saturated heterocycles. The van der Waals surface area contributed by atoms with Gasteiger partial charge < -0.3 is 24.6 Å². The van der Waals surface area contributed by atoms with Crippen molar-refractivity contribution in [3.05, 3.63) is 29.8 Å². The van der Waals surface area contributed by atoms with E-state index in [0.29, 0.717) is 24.5 Å². The normalized spacial score (nSPS) is 11.7. The Morgan fingerprint density at radius 2 is 1.81 bits per heavy atom. The van der Waals surface area contributed by atoms with Gasteiger partial charge in [0.2, 0.25) is 0 Å². The van der Waals surface area contributed by atoms with Crippen molar-refractivity contribution in [2.45, 2.75) is 6.04 Å². The molecule has 0 aliphatic rings. The fourth-order valence-corrected chi connectivity index (χ4v) is 1.53. The Balaban J connectivity index is 2.59. The Morgan fingerprint density at radius 3 is 2.33 bits per heavy atom. The number of hydrogen-bond acceptors (Lipinski definition) is 5. The average Bonchev–Trinajstić information content (AvgIpc) is 2.47. The van der Waals surface area contributed by atoms with Crippen LogP contribution >= 0.6 is 0 Å². The van der Waals surface area contributed by atoms with Gasteiger partial charge in [0.1, 0.15) is 12.4 Å². The number of carbonyl (C=O) groups is 2. The lowest BCUT2D eigenvalue weighted by Crippen LogP contribution is -2.43. The molecule has 7 heteroatoms. The first-order valence-electron chi connectivity index (χ1n) is 6.33. The number of carboxylic acids is 1. The van der Waals surface area contributed by atoms with Crippen molar-refractivity contribution in [1.82, 2.24) is 5.32 Å². The molecule has 0 saturated carbocycles. The van der Waals surface area contributed by atoms with Crippen molar-refractivity contribution >= 4 is 11.9 Å². The number of amides is 1. The molecule has 1 aromatic carbocycles. The molecule has 0 bridgehead atoms. The third-order valence-electron chi connectivity index (χ3n) is 2.61. The number of hydrogen-bond donors (Lipinski definition) is 2. The summed E-state index contributed by atoms with van der Waals surface area (Å²) < 4.78 is 15.0. The Labute approximate surface area is 122 Å². The highest BCUT2D eigenvalue weighted by molar-refractivity contribution is 5.96. The minimum atomic E-state index is -1.15. The molecule has 1 atom stereocenters. The summed E-state index contributed by atoms with van der Waals surface area (Å²) in [6, 6.07) is 5.31. The van der Waals surface area contributed by atoms with E-state index >= 15 is 0 Å². The lowest BCUT2D eigenvalue weighted by atomic mass is 10.2. The number of methoxy groups -OCH3 is 2. The maximum absolute atomic E-state index is 11.9. The Bertz CT molecular complexity index is 459. The zero-order valence-corrected chi connectivity index (χ0v) is 12.0. The van der Waals surface area contributed by atoms with E-state index in [0.717, 1.165) is 0 Å². The minimum absolute atomic E-state index is 0.0979. The van der Waals surface area contributed by atoms with E-state index in [1.807, 2.05) is 0 Å². The van der Waals surface area contributed by atoms with Crippen molar-refractivity contribution in [3.8, 4) is 5.75 Å². The molecule has 0 fully saturated rings. The van der Waals surface area contributed by atoms with E-state index < -0.39 is 17.9 Å². The van der Waals surface area contributed by atoms with Crippen molar-refractivity contribution in [2.24, 2.45) is 0 Å². The average molecular weight is 297 g/mol. The summed E-state index contributed by atoms with van der Waals surface area (Å²) in [5.74, 6) is -1.03. The molecular weight excluding hydrogens is 278 g/mol. The van der Waals surface area contributed by atoms with Crippen molar-refractivity contribution in [1.29, 1.82) is 0 Å². The topological polar surface area (TPSA) is 94.1 Å². The number of rotatable bonds is 9. The van der Waals surface area contributed by atoms with Gasteiger partial charge in [0.15, 0.2) is 6.04 Å². The molecule has 0 aromatic heterocycles. The predicted molar refractivity (Wildman–Crippen MR) is 74.6 cm³/mol. The van der Waals surface area contributed by atoms with Crippen molar-refractivity contribution in [3.63, 3.8) is 0 Å². The number of ether oxygens (including phenoxy) is 3. The van der Waals surface area contributed by atoms with Gasteiger partial charge >= 0.3 is 5.97 Å². The summed E-state index contributed by atoms with van der Waals surface area (Å²) in [6.45, 7) is 0.788. The number of benzene rings is 1. The van der Waals surface area contributed by atoms with Gasteiger partial charge in [-0.1, -0.05) is 0 Å². The van der Waals surface area contributed by atoms with Crippen LogP contribution in [0.5, 0.6) is 5.75 Å². The van der Waals surface area contributed by atoms with E-state index in [2.05, 4.69) is 5.32 Å². The standard InChI is InChI=1S/C14H19NO6/c1-19-7-8-21-11-5-3-10(4-6-11)13(16)15-12(9-20-2)14(17)18/h3-6,12H,7-9H2,1-2H3,(H,15,16)(H,17,18). The molecule has 1 rings (SSSR count). The van der Waals surface area contributed by atoms with Crippen LogP contribution < -0.4 is 10.1 Å². The van der Waals surface area contributed by atoms with E-state index in [4.69, 9.17) is 19.3 Å². The highest BCUT2D eigenvalue weighted by atomic mass is 16.5. The third-order valence-corrected chi connectivity index (χ3v) is 2.61. The molecule has 0 heterocycles. The molecule has 1 aromatic rings. The lowest BCUT2D eigenvalue weighted by molar-refractivity contribution is -0.140. The summed E-state index contributed by atoms with van der Waals surface area (Å²) in [6.07, 6.45) is 0. The lowest BCUT2D eigenvalue weighted by Gasteiger charge is -2.13. The minimum Gasteiger partial charge on any atom is -0.491 e. The van der Waals surface area contributed by atoms with E-state index in [9.17, 15) is 9.59 Å². The maximum Gasteiger partial charge on any atom is 0.328 e. The molecule has 0 radical (unpaired) electrons. The molecule has 1 amide bonds. The quantitative estimate of drug-likeness (QED) is 0.646. The molecule has 7 nitrogen and oxygen atoms in total. The van der Waals surface area contributed by atoms with Crippen LogP contribution in [-0.2, 0) is 14.3 Å². The van der Waals surface area contributed by atoms with Crippen molar-refractivity contribution in [2.75, 3.05) is 34.0 Å². The number of aliphatic carboxylic acids is 1. The van der Waals surface area contributed by atoms with Gasteiger partial charge in [0, 0.05) is 19.8 Å². The first kappa shape index (κ1) is 16.9. The van der Waals surface area contributed by atoms with Crippen LogP contribution in [0.1, 0.15) is 10.4 Å². The van der Waals surface area contributed by atoms with E-state index in [-0.39, 0.29) is 6.61 Å². The fourth-order valence-electron chi connectivity index (χ4n) is 1.53. The van der Waals surface area contributed by atoms with Crippen LogP contribution in [-0.4, -0.2) is 57.1 Å². The third kappa shape index (κ3) is 5.80. The second-order valence-electron chi connectivity index (χ2n) is 4.19. The number of carbonyl (C=O) groups excluding carboxylic acids is 1. The predicted octanol–water partition coefficient (Wildman–Crippen LogP) is 0.541. The molecule has 0 aliphatic heterocycles. The summed E-state index contributed by atoms with van der Waals surface area (Å²) in [7, 11) is 2.95. The molecule has 0 spiro atoms. The Kier molecular flexibility index (Phi) is 7.20. The van der Waals surface area contributed by atoms with Gasteiger partial charge in [-0.2, -0.15) is 0 Å². The van der Waals surface area contributed by atoms with Gasteiger partial charge in [0.25, 0.3) is 5.91 Å². The van der Waals surface area contributed by atoms with Gasteiger partial charge in [-0.3, -0.25) is 4.79 Å². The van der Waals surface area contributed by atoms with Crippen LogP contribution in [0.2, 0.25) is 0 Å². The zero-order valence-electron chi connectivity index (χ0n) is 12.0. The summed E-state index contributed by atoms with van der Waals surface area (Å²) in [5, 5.41) is 11.3. The van der Waals surface area contributed by atoms with Gasteiger partial charge in [0.05, 0.1) is 13.2 Å². The van der Waals surface area contributed by atoms with Gasteiger partial charge in [-0.15, -0.1) is 0 Å². The Hall–Kier alpha value is -2.12. The highest BCUT2D eigenvalue weighted by Gasteiger charge is 2.20. The monoisotopic (exact) mass is 297 g/mol. The van der Waals surface area contributed by atoms with E-state index in [1.165, 1.54) is 7.11 Å². The summed E-state index contributed by atoms with van der Waals surface area (Å²) >= 11 is 0. The van der Waals surface area contributed by atoms with E-state index in [1.54, 1.807) is 31.4 Å². The molecule has 21 heavy (non-hydrogen) atoms. The maximum atomic E-state index is 11.9. The number of nitrogens with one attached hydrogen (secondary N) is 1. The SMILES string of the molecule is COCCOc1ccc(C(=O)NC(COC)C(=O)O)cc1. The molecule has 1 unspecified atom stereocenters. The van der Waals surface area contributed by atoms with Crippen LogP contribution in [0, 0.1) is 0 Å². The highest BCUT2D eigenvalue weighted by Crippen LogP contribution is 2.12. The fraction of sp³-hybridized carbons (Fsp3) is 0.429. The Morgan fingerprint density at radius 1 is 1.14 bits per heavy atom. The van der Waals surface area contributed by atoms with Crippen LogP contribution in [0.15, 0.2) is 24.3 Å². The molecule has 116 valence electrons. The largest absolute Gasteiger partial charge is 0.491 e. The summed E-state index contributed by atoms with van der Waals surface area (Å²) in [5.41, 5.74) is 0.344. The smallest absolute Gasteiger partial charge is 0.328 e. The molecular formula is C14H19NO6. The van der Waals surface area contributed by atoms with Crippen LogP contribution in [0.4, 0.5) is 0 Å². The van der Waals surface area contributed by atoms with Crippen LogP contribution in [0.25, 0.3) is 0 Å². The zero-order chi connectivity index (χ0) is 15.7. The first-order valence-corrected chi connectivity index (χ1v) is 6.33. The van der Waals surface area contributed by atoms with Gasteiger partial charge in [-0.05, 0) is 24.3 Å².